The number of rotatable bonds is 3. The van der Waals surface area contributed by atoms with E-state index in [2.05, 4.69) is 15.2 Å². The van der Waals surface area contributed by atoms with Crippen LogP contribution in [0, 0.1) is 5.82 Å². The zero-order valence-electron chi connectivity index (χ0n) is 12.9. The van der Waals surface area contributed by atoms with E-state index in [9.17, 15) is 8.60 Å². The average Bonchev–Trinajstić information content (AvgIpc) is 3.19. The van der Waals surface area contributed by atoms with Gasteiger partial charge >= 0.3 is 0 Å². The maximum absolute atomic E-state index is 13.7. The van der Waals surface area contributed by atoms with Gasteiger partial charge in [-0.2, -0.15) is 5.10 Å². The lowest BCUT2D eigenvalue weighted by atomic mass is 9.92. The first-order valence-corrected chi connectivity index (χ1v) is 9.82. The van der Waals surface area contributed by atoms with E-state index in [1.54, 1.807) is 12.3 Å². The summed E-state index contributed by atoms with van der Waals surface area (Å²) in [6.07, 6.45) is 4.28. The number of H-pyrrole nitrogens is 1. The van der Waals surface area contributed by atoms with Gasteiger partial charge in [-0.25, -0.2) is 8.60 Å². The number of thioether (sulfide) groups is 1. The van der Waals surface area contributed by atoms with Crippen molar-refractivity contribution in [3.8, 4) is 0 Å². The predicted octanol–water partition coefficient (Wildman–Crippen LogP) is 3.49. The lowest BCUT2D eigenvalue weighted by molar-refractivity contribution is 0.627. The first-order chi connectivity index (χ1) is 11.7. The Labute approximate surface area is 145 Å². The Morgan fingerprint density at radius 1 is 1.33 bits per heavy atom. The molecule has 2 aliphatic heterocycles. The van der Waals surface area contributed by atoms with Crippen LogP contribution >= 0.6 is 11.8 Å². The molecule has 0 saturated heterocycles. The highest BCUT2D eigenvalue weighted by atomic mass is 32.2. The SMILES string of the molecule is CSC1=C2C(c3cccc(F)c3)=NCCC2=C(c2ccn[nH]2)S1=O. The van der Waals surface area contributed by atoms with Crippen LogP contribution in [-0.4, -0.2) is 32.9 Å². The minimum Gasteiger partial charge on any atom is -0.284 e. The van der Waals surface area contributed by atoms with E-state index in [1.807, 2.05) is 18.4 Å². The van der Waals surface area contributed by atoms with Crippen LogP contribution in [0.2, 0.25) is 0 Å². The fourth-order valence-corrected chi connectivity index (χ4v) is 5.68. The number of aromatic nitrogens is 2. The molecular formula is C17H14FN3OS2. The topological polar surface area (TPSA) is 58.1 Å². The van der Waals surface area contributed by atoms with Gasteiger partial charge in [0.15, 0.2) is 0 Å². The molecule has 122 valence electrons. The average molecular weight is 359 g/mol. The van der Waals surface area contributed by atoms with Crippen LogP contribution in [-0.2, 0) is 10.8 Å². The summed E-state index contributed by atoms with van der Waals surface area (Å²) in [5, 5.41) is 6.89. The summed E-state index contributed by atoms with van der Waals surface area (Å²) in [6.45, 7) is 0.598. The number of nitrogens with zero attached hydrogens (tertiary/aromatic N) is 2. The zero-order chi connectivity index (χ0) is 16.7. The highest BCUT2D eigenvalue weighted by molar-refractivity contribution is 8.19. The normalized spacial score (nSPS) is 20.4. The van der Waals surface area contributed by atoms with Crippen LogP contribution < -0.4 is 0 Å². The molecule has 2 aliphatic rings. The second-order valence-electron chi connectivity index (χ2n) is 5.40. The largest absolute Gasteiger partial charge is 0.284 e. The number of aliphatic imine (C=N–C) groups is 1. The maximum Gasteiger partial charge on any atom is 0.123 e. The van der Waals surface area contributed by atoms with Gasteiger partial charge < -0.3 is 0 Å². The molecule has 2 aromatic rings. The molecule has 0 fully saturated rings. The van der Waals surface area contributed by atoms with E-state index in [0.29, 0.717) is 6.54 Å². The standard InChI is InChI=1S/C17H14FN3OS2/c1-23-17-14-12(16(24(17)22)13-6-8-20-21-13)5-7-19-15(14)10-3-2-4-11(18)9-10/h2-4,6,8-9H,5,7H2,1H3,(H,20,21). The van der Waals surface area contributed by atoms with Crippen molar-refractivity contribution < 1.29 is 8.60 Å². The van der Waals surface area contributed by atoms with Gasteiger partial charge in [0, 0.05) is 23.9 Å². The predicted molar refractivity (Wildman–Crippen MR) is 96.6 cm³/mol. The fraction of sp³-hybridized carbons (Fsp3) is 0.176. The summed E-state index contributed by atoms with van der Waals surface area (Å²) in [4.78, 5) is 5.39. The van der Waals surface area contributed by atoms with Crippen molar-refractivity contribution in [2.45, 2.75) is 6.42 Å². The van der Waals surface area contributed by atoms with Crippen molar-refractivity contribution in [2.24, 2.45) is 4.99 Å². The number of halogens is 1. The third kappa shape index (κ3) is 2.39. The second-order valence-corrected chi connectivity index (χ2v) is 7.83. The lowest BCUT2D eigenvalue weighted by Crippen LogP contribution is -2.14. The molecule has 0 saturated carbocycles. The molecule has 4 nitrogen and oxygen atoms in total. The third-order valence-electron chi connectivity index (χ3n) is 4.03. The maximum atomic E-state index is 13.7. The van der Waals surface area contributed by atoms with Crippen molar-refractivity contribution in [2.75, 3.05) is 12.8 Å². The van der Waals surface area contributed by atoms with Crippen molar-refractivity contribution in [3.63, 3.8) is 0 Å². The Kier molecular flexibility index (Phi) is 3.97. The summed E-state index contributed by atoms with van der Waals surface area (Å²) in [5.41, 5.74) is 4.13. The number of fused-ring (bicyclic) bond motifs is 1. The molecule has 0 spiro atoms. The van der Waals surface area contributed by atoms with E-state index in [0.717, 1.165) is 43.7 Å². The van der Waals surface area contributed by atoms with Gasteiger partial charge in [-0.3, -0.25) is 10.1 Å². The van der Waals surface area contributed by atoms with E-state index < -0.39 is 10.8 Å². The quantitative estimate of drug-likeness (QED) is 0.913. The Bertz CT molecular complexity index is 929. The molecule has 4 rings (SSSR count). The number of hydrogen-bond donors (Lipinski definition) is 1. The van der Waals surface area contributed by atoms with E-state index >= 15 is 0 Å². The summed E-state index contributed by atoms with van der Waals surface area (Å²) in [7, 11) is -1.27. The molecule has 0 aliphatic carbocycles. The van der Waals surface area contributed by atoms with Crippen molar-refractivity contribution >= 4 is 33.2 Å². The Morgan fingerprint density at radius 3 is 2.92 bits per heavy atom. The molecule has 1 atom stereocenters. The highest BCUT2D eigenvalue weighted by Gasteiger charge is 2.36. The van der Waals surface area contributed by atoms with Gasteiger partial charge in [-0.05, 0) is 36.4 Å². The van der Waals surface area contributed by atoms with E-state index in [-0.39, 0.29) is 5.82 Å². The zero-order valence-corrected chi connectivity index (χ0v) is 14.5. The van der Waals surface area contributed by atoms with E-state index in [4.69, 9.17) is 0 Å². The third-order valence-corrected chi connectivity index (χ3v) is 6.94. The number of benzene rings is 1. The van der Waals surface area contributed by atoms with Gasteiger partial charge in [-0.15, -0.1) is 11.8 Å². The molecule has 1 N–H and O–H groups in total. The first-order valence-electron chi connectivity index (χ1n) is 7.44. The number of nitrogens with one attached hydrogen (secondary N) is 1. The van der Waals surface area contributed by atoms with Crippen LogP contribution in [0.15, 0.2) is 56.9 Å². The van der Waals surface area contributed by atoms with Crippen LogP contribution in [0.3, 0.4) is 0 Å². The molecule has 1 aromatic carbocycles. The number of allylic oxidation sites excluding steroid dienone is 1. The van der Waals surface area contributed by atoms with Gasteiger partial charge in [0.05, 0.1) is 31.3 Å². The number of hydrogen-bond acceptors (Lipinski definition) is 4. The van der Waals surface area contributed by atoms with Gasteiger partial charge in [0.25, 0.3) is 0 Å². The van der Waals surface area contributed by atoms with Crippen LogP contribution in [0.1, 0.15) is 17.7 Å². The monoisotopic (exact) mass is 359 g/mol. The Hall–Kier alpha value is -1.99. The molecule has 24 heavy (non-hydrogen) atoms. The lowest BCUT2D eigenvalue weighted by Gasteiger charge is -2.18. The molecule has 0 bridgehead atoms. The van der Waals surface area contributed by atoms with Crippen LogP contribution in [0.25, 0.3) is 4.91 Å². The Balaban J connectivity index is 1.92. The molecule has 1 aromatic heterocycles. The molecule has 0 radical (unpaired) electrons. The highest BCUT2D eigenvalue weighted by Crippen LogP contribution is 2.46. The summed E-state index contributed by atoms with van der Waals surface area (Å²) >= 11 is 1.46. The van der Waals surface area contributed by atoms with E-state index in [1.165, 1.54) is 23.9 Å². The molecule has 7 heteroatoms. The van der Waals surface area contributed by atoms with Gasteiger partial charge in [-0.1, -0.05) is 12.1 Å². The van der Waals surface area contributed by atoms with Gasteiger partial charge in [0.1, 0.15) is 5.82 Å². The molecule has 0 amide bonds. The van der Waals surface area contributed by atoms with Crippen LogP contribution in [0.4, 0.5) is 4.39 Å². The molecule has 1 unspecified atom stereocenters. The summed E-state index contributed by atoms with van der Waals surface area (Å²) < 4.78 is 27.5. The second kappa shape index (κ2) is 6.14. The van der Waals surface area contributed by atoms with Crippen molar-refractivity contribution in [3.05, 3.63) is 69.0 Å². The Morgan fingerprint density at radius 2 is 2.21 bits per heavy atom. The van der Waals surface area contributed by atoms with Crippen LogP contribution in [0.5, 0.6) is 0 Å². The van der Waals surface area contributed by atoms with Crippen molar-refractivity contribution in [1.29, 1.82) is 0 Å². The summed E-state index contributed by atoms with van der Waals surface area (Å²) in [5.74, 6) is -0.300. The molecular weight excluding hydrogens is 345 g/mol. The minimum absolute atomic E-state index is 0.300. The number of aromatic amines is 1. The fourth-order valence-electron chi connectivity index (χ4n) is 3.06. The van der Waals surface area contributed by atoms with Crippen molar-refractivity contribution in [1.82, 2.24) is 10.2 Å². The summed E-state index contributed by atoms with van der Waals surface area (Å²) in [6, 6.07) is 8.23. The smallest absolute Gasteiger partial charge is 0.123 e. The minimum atomic E-state index is -1.27. The molecule has 3 heterocycles. The first kappa shape index (κ1) is 15.5. The van der Waals surface area contributed by atoms with Gasteiger partial charge in [0.2, 0.25) is 0 Å².